The first kappa shape index (κ1) is 8.81. The molecule has 0 aromatic carbocycles. The number of hydrogen-bond donors (Lipinski definition) is 0. The third kappa shape index (κ3) is 2.07. The Hall–Kier alpha value is -0.280. The Morgan fingerprint density at radius 2 is 2.36 bits per heavy atom. The standard InChI is InChI=1S/C7H12ClNO2/c1-11-7(10)6-4-2-3-5-9(6)8/h6H,2-5H2,1H3. The molecule has 11 heavy (non-hydrogen) atoms. The molecule has 0 bridgehead atoms. The molecule has 0 amide bonds. The van der Waals surface area contributed by atoms with Crippen LogP contribution >= 0.6 is 11.8 Å². The lowest BCUT2D eigenvalue weighted by Gasteiger charge is -2.27. The predicted molar refractivity (Wildman–Crippen MR) is 42.2 cm³/mol. The van der Waals surface area contributed by atoms with Crippen LogP contribution in [0.25, 0.3) is 0 Å². The van der Waals surface area contributed by atoms with Gasteiger partial charge in [-0.3, -0.25) is 4.79 Å². The van der Waals surface area contributed by atoms with Gasteiger partial charge in [-0.05, 0) is 31.0 Å². The van der Waals surface area contributed by atoms with Gasteiger partial charge in [0, 0.05) is 6.54 Å². The van der Waals surface area contributed by atoms with Crippen LogP contribution in [0.2, 0.25) is 0 Å². The van der Waals surface area contributed by atoms with Gasteiger partial charge in [-0.25, -0.2) is 4.42 Å². The molecule has 1 heterocycles. The Balaban J connectivity index is 2.47. The zero-order valence-corrected chi connectivity index (χ0v) is 7.30. The van der Waals surface area contributed by atoms with Gasteiger partial charge in [0.2, 0.25) is 0 Å². The van der Waals surface area contributed by atoms with E-state index in [9.17, 15) is 4.79 Å². The summed E-state index contributed by atoms with van der Waals surface area (Å²) < 4.78 is 6.13. The highest BCUT2D eigenvalue weighted by Gasteiger charge is 2.27. The van der Waals surface area contributed by atoms with Crippen molar-refractivity contribution in [1.82, 2.24) is 4.42 Å². The fourth-order valence-electron chi connectivity index (χ4n) is 1.26. The van der Waals surface area contributed by atoms with Crippen LogP contribution < -0.4 is 0 Å². The number of hydrogen-bond acceptors (Lipinski definition) is 3. The number of esters is 1. The molecule has 0 aliphatic carbocycles. The zero-order chi connectivity index (χ0) is 8.27. The lowest BCUT2D eigenvalue weighted by Crippen LogP contribution is -2.39. The normalized spacial score (nSPS) is 26.5. The van der Waals surface area contributed by atoms with Crippen molar-refractivity contribution in [2.45, 2.75) is 25.3 Å². The van der Waals surface area contributed by atoms with E-state index >= 15 is 0 Å². The summed E-state index contributed by atoms with van der Waals surface area (Å²) in [5.74, 6) is -0.222. The van der Waals surface area contributed by atoms with Crippen LogP contribution in [0.15, 0.2) is 0 Å². The van der Waals surface area contributed by atoms with E-state index in [0.717, 1.165) is 25.8 Å². The summed E-state index contributed by atoms with van der Waals surface area (Å²) >= 11 is 5.79. The van der Waals surface area contributed by atoms with Gasteiger partial charge in [-0.15, -0.1) is 0 Å². The fraction of sp³-hybridized carbons (Fsp3) is 0.857. The van der Waals surface area contributed by atoms with Crippen molar-refractivity contribution in [3.8, 4) is 0 Å². The van der Waals surface area contributed by atoms with Crippen LogP contribution in [0.3, 0.4) is 0 Å². The summed E-state index contributed by atoms with van der Waals surface area (Å²) in [7, 11) is 1.39. The summed E-state index contributed by atoms with van der Waals surface area (Å²) in [6.45, 7) is 0.779. The highest BCUT2D eigenvalue weighted by atomic mass is 35.5. The highest BCUT2D eigenvalue weighted by molar-refractivity contribution is 6.14. The highest BCUT2D eigenvalue weighted by Crippen LogP contribution is 2.19. The number of halogens is 1. The zero-order valence-electron chi connectivity index (χ0n) is 6.55. The minimum atomic E-state index is -0.226. The summed E-state index contributed by atoms with van der Waals surface area (Å²) in [5, 5.41) is 0. The van der Waals surface area contributed by atoms with Gasteiger partial charge in [0.25, 0.3) is 0 Å². The van der Waals surface area contributed by atoms with Gasteiger partial charge >= 0.3 is 5.97 Å². The summed E-state index contributed by atoms with van der Waals surface area (Å²) in [6.07, 6.45) is 2.94. The summed E-state index contributed by atoms with van der Waals surface area (Å²) in [5.41, 5.74) is 0. The lowest BCUT2D eigenvalue weighted by atomic mass is 10.1. The van der Waals surface area contributed by atoms with E-state index in [1.807, 2.05) is 0 Å². The molecule has 0 aromatic heterocycles. The molecule has 0 radical (unpaired) electrons. The van der Waals surface area contributed by atoms with Gasteiger partial charge < -0.3 is 4.74 Å². The monoisotopic (exact) mass is 177 g/mol. The smallest absolute Gasteiger partial charge is 0.324 e. The first-order chi connectivity index (χ1) is 5.25. The maximum Gasteiger partial charge on any atom is 0.324 e. The molecule has 64 valence electrons. The number of carbonyl (C=O) groups excluding carboxylic acids is 1. The van der Waals surface area contributed by atoms with Crippen molar-refractivity contribution in [3.05, 3.63) is 0 Å². The number of nitrogens with zero attached hydrogens (tertiary/aromatic N) is 1. The molecule has 1 rings (SSSR count). The summed E-state index contributed by atoms with van der Waals surface area (Å²) in [6, 6.07) is -0.226. The van der Waals surface area contributed by atoms with Crippen molar-refractivity contribution >= 4 is 17.7 Å². The molecule has 0 saturated carbocycles. The fourth-order valence-corrected chi connectivity index (χ4v) is 1.56. The molecule has 3 nitrogen and oxygen atoms in total. The first-order valence-corrected chi connectivity index (χ1v) is 4.09. The van der Waals surface area contributed by atoms with Crippen LogP contribution in [0.5, 0.6) is 0 Å². The predicted octanol–water partition coefficient (Wildman–Crippen LogP) is 1.17. The van der Waals surface area contributed by atoms with E-state index in [-0.39, 0.29) is 12.0 Å². The van der Waals surface area contributed by atoms with E-state index in [1.54, 1.807) is 0 Å². The van der Waals surface area contributed by atoms with Crippen molar-refractivity contribution in [3.63, 3.8) is 0 Å². The molecule has 1 aliphatic rings. The van der Waals surface area contributed by atoms with Gasteiger partial charge in [0.15, 0.2) is 0 Å². The van der Waals surface area contributed by atoms with Crippen LogP contribution in [-0.4, -0.2) is 30.1 Å². The van der Waals surface area contributed by atoms with Gasteiger partial charge in [-0.2, -0.15) is 0 Å². The van der Waals surface area contributed by atoms with Crippen LogP contribution in [0, 0.1) is 0 Å². The van der Waals surface area contributed by atoms with Crippen molar-refractivity contribution in [1.29, 1.82) is 0 Å². The second-order valence-corrected chi connectivity index (χ2v) is 3.09. The Kier molecular flexibility index (Phi) is 3.15. The van der Waals surface area contributed by atoms with Crippen LogP contribution in [-0.2, 0) is 9.53 Å². The second-order valence-electron chi connectivity index (χ2n) is 2.66. The number of ether oxygens (including phenoxy) is 1. The molecular weight excluding hydrogens is 166 g/mol. The Bertz CT molecular complexity index is 151. The molecule has 0 N–H and O–H groups in total. The molecule has 1 unspecified atom stereocenters. The first-order valence-electron chi connectivity index (χ1n) is 3.76. The number of piperidine rings is 1. The minimum absolute atomic E-state index is 0.222. The van der Waals surface area contributed by atoms with E-state index in [0.29, 0.717) is 0 Å². The molecule has 1 atom stereocenters. The summed E-state index contributed by atoms with van der Waals surface area (Å²) in [4.78, 5) is 11.0. The van der Waals surface area contributed by atoms with Gasteiger partial charge in [0.05, 0.1) is 7.11 Å². The minimum Gasteiger partial charge on any atom is -0.468 e. The van der Waals surface area contributed by atoms with Gasteiger partial charge in [0.1, 0.15) is 6.04 Å². The Morgan fingerprint density at radius 1 is 1.64 bits per heavy atom. The quantitative estimate of drug-likeness (QED) is 0.445. The van der Waals surface area contributed by atoms with E-state index < -0.39 is 0 Å². The molecule has 1 fully saturated rings. The largest absolute Gasteiger partial charge is 0.468 e. The third-order valence-corrected chi connectivity index (χ3v) is 2.32. The van der Waals surface area contributed by atoms with Crippen LogP contribution in [0.1, 0.15) is 19.3 Å². The second kappa shape index (κ2) is 3.93. The van der Waals surface area contributed by atoms with E-state index in [2.05, 4.69) is 4.74 Å². The van der Waals surface area contributed by atoms with Crippen LogP contribution in [0.4, 0.5) is 0 Å². The average Bonchev–Trinajstić information content (AvgIpc) is 2.04. The maximum atomic E-state index is 11.0. The Morgan fingerprint density at radius 3 is 2.91 bits per heavy atom. The molecule has 0 spiro atoms. The molecule has 0 aromatic rings. The molecule has 1 aliphatic heterocycles. The molecular formula is C7H12ClNO2. The molecule has 1 saturated heterocycles. The third-order valence-electron chi connectivity index (χ3n) is 1.91. The van der Waals surface area contributed by atoms with Crippen molar-refractivity contribution in [2.24, 2.45) is 0 Å². The van der Waals surface area contributed by atoms with Crippen molar-refractivity contribution < 1.29 is 9.53 Å². The Labute approximate surface area is 71.4 Å². The van der Waals surface area contributed by atoms with Crippen molar-refractivity contribution in [2.75, 3.05) is 13.7 Å². The van der Waals surface area contributed by atoms with Gasteiger partial charge in [-0.1, -0.05) is 0 Å². The maximum absolute atomic E-state index is 11.0. The average molecular weight is 178 g/mol. The lowest BCUT2D eigenvalue weighted by molar-refractivity contribution is -0.146. The topological polar surface area (TPSA) is 29.5 Å². The SMILES string of the molecule is COC(=O)C1CCCCN1Cl. The number of methoxy groups -OCH3 is 1. The number of rotatable bonds is 1. The van der Waals surface area contributed by atoms with E-state index in [4.69, 9.17) is 11.8 Å². The van der Waals surface area contributed by atoms with E-state index in [1.165, 1.54) is 11.5 Å². The molecule has 4 heteroatoms. The number of carbonyl (C=O) groups is 1.